The maximum atomic E-state index is 11.7. The lowest BCUT2D eigenvalue weighted by Crippen LogP contribution is -2.67. The van der Waals surface area contributed by atoms with Crippen LogP contribution in [0.5, 0.6) is 0 Å². The van der Waals surface area contributed by atoms with E-state index in [1.165, 1.54) is 16.6 Å². The first-order chi connectivity index (χ1) is 16.3. The van der Waals surface area contributed by atoms with E-state index in [0.29, 0.717) is 5.76 Å². The predicted molar refractivity (Wildman–Crippen MR) is 137 cm³/mol. The van der Waals surface area contributed by atoms with Crippen LogP contribution in [0.2, 0.25) is 5.04 Å². The number of hydrogen-bond donors (Lipinski definition) is 1. The summed E-state index contributed by atoms with van der Waals surface area (Å²) in [6, 6.07) is 21.5. The van der Waals surface area contributed by atoms with E-state index in [0.717, 1.165) is 25.7 Å². The van der Waals surface area contributed by atoms with Gasteiger partial charge in [-0.05, 0) is 53.2 Å². The Bertz CT molecular complexity index is 982. The topological polar surface area (TPSA) is 70.8 Å². The Morgan fingerprint density at radius 2 is 1.44 bits per heavy atom. The molecule has 0 radical (unpaired) electrons. The van der Waals surface area contributed by atoms with Crippen molar-refractivity contribution in [3.05, 3.63) is 84.8 Å². The maximum Gasteiger partial charge on any atom is 0.266 e. The van der Waals surface area contributed by atoms with Gasteiger partial charge in [0.25, 0.3) is 14.2 Å². The summed E-state index contributed by atoms with van der Waals surface area (Å²) in [5, 5.41) is 2.55. The van der Waals surface area contributed by atoms with E-state index in [1.54, 1.807) is 12.2 Å². The largest absolute Gasteiger partial charge is 0.490 e. The molecule has 2 aromatic carbocycles. The molecule has 1 unspecified atom stereocenters. The molecular formula is C28H35NO4Si. The van der Waals surface area contributed by atoms with Crippen LogP contribution in [-0.2, 0) is 18.7 Å². The summed E-state index contributed by atoms with van der Waals surface area (Å²) in [6.45, 7) is 6.92. The highest BCUT2D eigenvalue weighted by atomic mass is 28.4. The Kier molecular flexibility index (Phi) is 7.29. The number of allylic oxidation sites excluding steroid dienone is 2. The summed E-state index contributed by atoms with van der Waals surface area (Å²) in [5.74, 6) is -0.0503. The van der Waals surface area contributed by atoms with Crippen molar-refractivity contribution in [2.75, 3.05) is 0 Å². The quantitative estimate of drug-likeness (QED) is 0.608. The van der Waals surface area contributed by atoms with E-state index < -0.39 is 20.3 Å². The number of carbonyl (C=O) groups is 1. The average Bonchev–Trinajstić information content (AvgIpc) is 2.84. The molecule has 1 atom stereocenters. The molecule has 6 heteroatoms. The molecule has 2 aromatic rings. The molecule has 1 aliphatic heterocycles. The van der Waals surface area contributed by atoms with Crippen LogP contribution in [0.3, 0.4) is 0 Å². The summed E-state index contributed by atoms with van der Waals surface area (Å²) in [4.78, 5) is 11.7. The number of nitrogens with two attached hydrogens (primary N) is 1. The molecule has 1 heterocycles. The fourth-order valence-corrected chi connectivity index (χ4v) is 9.87. The Morgan fingerprint density at radius 1 is 0.912 bits per heavy atom. The molecule has 1 amide bonds. The minimum atomic E-state index is -2.57. The predicted octanol–water partition coefficient (Wildman–Crippen LogP) is 4.17. The number of ether oxygens (including phenoxy) is 2. The zero-order valence-corrected chi connectivity index (χ0v) is 21.3. The van der Waals surface area contributed by atoms with Gasteiger partial charge in [0.2, 0.25) is 6.10 Å². The van der Waals surface area contributed by atoms with Crippen LogP contribution in [0.25, 0.3) is 0 Å². The van der Waals surface area contributed by atoms with Gasteiger partial charge in [0.1, 0.15) is 5.76 Å². The summed E-state index contributed by atoms with van der Waals surface area (Å²) in [5.41, 5.74) is 5.47. The normalized spacial score (nSPS) is 23.0. The third-order valence-electron chi connectivity index (χ3n) is 6.75. The molecular weight excluding hydrogens is 442 g/mol. The Morgan fingerprint density at radius 3 is 1.94 bits per heavy atom. The zero-order valence-electron chi connectivity index (χ0n) is 20.3. The number of primary amides is 1. The average molecular weight is 478 g/mol. The summed E-state index contributed by atoms with van der Waals surface area (Å²) >= 11 is 0. The number of benzene rings is 2. The summed E-state index contributed by atoms with van der Waals surface area (Å²) < 4.78 is 18.8. The molecule has 0 aromatic heterocycles. The van der Waals surface area contributed by atoms with Gasteiger partial charge in [-0.3, -0.25) is 4.79 Å². The Labute approximate surface area is 203 Å². The lowest BCUT2D eigenvalue weighted by Gasteiger charge is -2.46. The van der Waals surface area contributed by atoms with Crippen molar-refractivity contribution in [1.29, 1.82) is 0 Å². The first-order valence-electron chi connectivity index (χ1n) is 12.1. The molecule has 34 heavy (non-hydrogen) atoms. The molecule has 4 rings (SSSR count). The molecule has 1 saturated carbocycles. The first kappa shape index (κ1) is 24.3. The van der Waals surface area contributed by atoms with E-state index >= 15 is 0 Å². The van der Waals surface area contributed by atoms with Crippen molar-refractivity contribution >= 4 is 24.6 Å². The van der Waals surface area contributed by atoms with E-state index in [-0.39, 0.29) is 17.2 Å². The first-order valence-corrected chi connectivity index (χ1v) is 14.0. The zero-order chi connectivity index (χ0) is 24.2. The summed E-state index contributed by atoms with van der Waals surface area (Å²) in [7, 11) is -2.57. The van der Waals surface area contributed by atoms with E-state index in [2.05, 4.69) is 81.4 Å². The van der Waals surface area contributed by atoms with Crippen LogP contribution in [-0.4, -0.2) is 32.5 Å². The van der Waals surface area contributed by atoms with Gasteiger partial charge in [-0.1, -0.05) is 81.4 Å². The maximum absolute atomic E-state index is 11.7. The molecule has 0 bridgehead atoms. The number of rotatable bonds is 7. The second-order valence-electron chi connectivity index (χ2n) is 10.1. The van der Waals surface area contributed by atoms with Crippen molar-refractivity contribution in [1.82, 2.24) is 0 Å². The van der Waals surface area contributed by atoms with Crippen LogP contribution in [0.4, 0.5) is 0 Å². The number of amides is 1. The SMILES string of the molecule is CC(C)(C)[Si](O[C@H]1CC[C@H](OC2=CC=COC2C(N)=O)CC1)(c1ccccc1)c1ccccc1. The van der Waals surface area contributed by atoms with Gasteiger partial charge in [0.05, 0.1) is 12.4 Å². The van der Waals surface area contributed by atoms with Gasteiger partial charge in [0.15, 0.2) is 0 Å². The fourth-order valence-electron chi connectivity index (χ4n) is 5.12. The molecule has 2 aliphatic rings. The smallest absolute Gasteiger partial charge is 0.266 e. The van der Waals surface area contributed by atoms with Gasteiger partial charge in [-0.25, -0.2) is 0 Å². The molecule has 1 fully saturated rings. The lowest BCUT2D eigenvalue weighted by atomic mass is 9.95. The lowest BCUT2D eigenvalue weighted by molar-refractivity contribution is -0.127. The second kappa shape index (κ2) is 10.2. The second-order valence-corrected chi connectivity index (χ2v) is 14.4. The molecule has 2 N–H and O–H groups in total. The number of hydrogen-bond acceptors (Lipinski definition) is 4. The van der Waals surface area contributed by atoms with Gasteiger partial charge in [0, 0.05) is 6.10 Å². The van der Waals surface area contributed by atoms with Crippen LogP contribution in [0.1, 0.15) is 46.5 Å². The standard InChI is InChI=1S/C28H35NO4Si/c1-28(2,3)34(23-11-6-4-7-12-23,24-13-8-5-9-14-24)33-22-18-16-21(17-19-22)32-25-15-10-20-31-26(25)27(29)30/h4-15,20-22,26H,16-19H2,1-3H3,(H2,29,30)/t21-,22-,26?. The van der Waals surface area contributed by atoms with Crippen molar-refractivity contribution in [3.63, 3.8) is 0 Å². The highest BCUT2D eigenvalue weighted by Crippen LogP contribution is 2.39. The summed E-state index contributed by atoms with van der Waals surface area (Å²) in [6.07, 6.45) is 7.80. The fraction of sp³-hybridized carbons (Fsp3) is 0.393. The minimum absolute atomic E-state index is 0.0159. The van der Waals surface area contributed by atoms with Crippen LogP contribution >= 0.6 is 0 Å². The highest BCUT2D eigenvalue weighted by molar-refractivity contribution is 6.99. The monoisotopic (exact) mass is 477 g/mol. The Hall–Kier alpha value is -2.83. The third-order valence-corrected chi connectivity index (χ3v) is 11.8. The van der Waals surface area contributed by atoms with Gasteiger partial charge in [-0.2, -0.15) is 0 Å². The van der Waals surface area contributed by atoms with Crippen molar-refractivity contribution < 1.29 is 18.7 Å². The third kappa shape index (κ3) is 4.98. The van der Waals surface area contributed by atoms with Gasteiger partial charge >= 0.3 is 0 Å². The molecule has 180 valence electrons. The van der Waals surface area contributed by atoms with Gasteiger partial charge < -0.3 is 19.6 Å². The van der Waals surface area contributed by atoms with E-state index in [1.807, 2.05) is 0 Å². The van der Waals surface area contributed by atoms with Crippen LogP contribution < -0.4 is 16.1 Å². The van der Waals surface area contributed by atoms with Crippen LogP contribution in [0.15, 0.2) is 84.8 Å². The van der Waals surface area contributed by atoms with E-state index in [4.69, 9.17) is 19.6 Å². The minimum Gasteiger partial charge on any atom is -0.490 e. The van der Waals surface area contributed by atoms with Gasteiger partial charge in [-0.15, -0.1) is 0 Å². The van der Waals surface area contributed by atoms with Crippen LogP contribution in [0, 0.1) is 0 Å². The Balaban J connectivity index is 1.53. The molecule has 0 saturated heterocycles. The highest BCUT2D eigenvalue weighted by Gasteiger charge is 2.51. The van der Waals surface area contributed by atoms with Crippen molar-refractivity contribution in [3.8, 4) is 0 Å². The van der Waals surface area contributed by atoms with Crippen molar-refractivity contribution in [2.45, 2.75) is 69.8 Å². The molecule has 5 nitrogen and oxygen atoms in total. The number of carbonyl (C=O) groups excluding carboxylic acids is 1. The molecule has 0 spiro atoms. The van der Waals surface area contributed by atoms with E-state index in [9.17, 15) is 4.79 Å². The molecule has 1 aliphatic carbocycles. The van der Waals surface area contributed by atoms with Crippen molar-refractivity contribution in [2.24, 2.45) is 5.73 Å².